The molecule has 1 N–H and O–H groups in total. The Morgan fingerprint density at radius 3 is 2.79 bits per heavy atom. The van der Waals surface area contributed by atoms with Crippen LogP contribution in [0.25, 0.3) is 0 Å². The van der Waals surface area contributed by atoms with Gasteiger partial charge in [-0.25, -0.2) is 13.8 Å². The Balaban J connectivity index is 2.32. The van der Waals surface area contributed by atoms with Crippen molar-refractivity contribution in [3.63, 3.8) is 0 Å². The van der Waals surface area contributed by atoms with E-state index in [1.807, 2.05) is 6.07 Å². The Hall–Kier alpha value is -1.53. The minimum atomic E-state index is -0.764. The van der Waals surface area contributed by atoms with Gasteiger partial charge in [-0.15, -0.1) is 0 Å². The Kier molecular flexibility index (Phi) is 4.44. The Bertz CT molecular complexity index is 593. The first-order chi connectivity index (χ1) is 9.10. The normalized spacial score (nSPS) is 10.5. The molecule has 1 heterocycles. The lowest BCUT2D eigenvalue weighted by Gasteiger charge is -2.10. The number of hydrogen-bond acceptors (Lipinski definition) is 3. The van der Waals surface area contributed by atoms with Crippen LogP contribution in [-0.4, -0.2) is 12.0 Å². The zero-order valence-corrected chi connectivity index (χ0v) is 11.7. The van der Waals surface area contributed by atoms with Gasteiger partial charge in [0.2, 0.25) is 5.88 Å². The third kappa shape index (κ3) is 3.48. The monoisotopic (exact) mass is 328 g/mol. The van der Waals surface area contributed by atoms with Crippen molar-refractivity contribution in [1.29, 1.82) is 0 Å². The lowest BCUT2D eigenvalue weighted by Crippen LogP contribution is -2.07. The molecule has 0 atom stereocenters. The minimum Gasteiger partial charge on any atom is -0.436 e. The summed E-state index contributed by atoms with van der Waals surface area (Å²) < 4.78 is 32.5. The van der Waals surface area contributed by atoms with Gasteiger partial charge < -0.3 is 10.1 Å². The number of rotatable bonds is 4. The highest BCUT2D eigenvalue weighted by molar-refractivity contribution is 9.10. The van der Waals surface area contributed by atoms with Crippen LogP contribution in [-0.2, 0) is 6.54 Å². The number of aromatic nitrogens is 1. The highest BCUT2D eigenvalue weighted by Crippen LogP contribution is 2.27. The van der Waals surface area contributed by atoms with Crippen molar-refractivity contribution in [2.75, 3.05) is 7.05 Å². The number of nitrogens with zero attached hydrogens (tertiary/aromatic N) is 1. The summed E-state index contributed by atoms with van der Waals surface area (Å²) >= 11 is 3.31. The molecule has 0 saturated carbocycles. The minimum absolute atomic E-state index is 0.0615. The van der Waals surface area contributed by atoms with Crippen LogP contribution >= 0.6 is 15.9 Å². The number of ether oxygens (including phenoxy) is 1. The van der Waals surface area contributed by atoms with Crippen molar-refractivity contribution in [2.45, 2.75) is 6.54 Å². The van der Waals surface area contributed by atoms with E-state index >= 15 is 0 Å². The van der Waals surface area contributed by atoms with Gasteiger partial charge in [0.15, 0.2) is 11.6 Å². The summed E-state index contributed by atoms with van der Waals surface area (Å²) in [6.45, 7) is 0.518. The van der Waals surface area contributed by atoms with Gasteiger partial charge in [0.1, 0.15) is 5.82 Å². The molecule has 0 fully saturated rings. The molecule has 1 aromatic carbocycles. The Labute approximate surface area is 117 Å². The van der Waals surface area contributed by atoms with Gasteiger partial charge in [-0.2, -0.15) is 0 Å². The summed E-state index contributed by atoms with van der Waals surface area (Å²) in [6, 6.07) is 4.96. The number of nitrogens with one attached hydrogen (secondary N) is 1. The van der Waals surface area contributed by atoms with E-state index in [0.717, 1.165) is 22.2 Å². The summed E-state index contributed by atoms with van der Waals surface area (Å²) in [5.74, 6) is -1.19. The summed E-state index contributed by atoms with van der Waals surface area (Å²) in [7, 11) is 1.78. The van der Waals surface area contributed by atoms with Gasteiger partial charge in [0.05, 0.1) is 0 Å². The first-order valence-corrected chi connectivity index (χ1v) is 6.31. The van der Waals surface area contributed by atoms with Crippen LogP contribution in [0.1, 0.15) is 5.56 Å². The summed E-state index contributed by atoms with van der Waals surface area (Å²) in [6.07, 6.45) is 1.55. The van der Waals surface area contributed by atoms with Crippen LogP contribution in [0.2, 0.25) is 0 Å². The van der Waals surface area contributed by atoms with Crippen LogP contribution in [0.3, 0.4) is 0 Å². The fraction of sp³-hybridized carbons (Fsp3) is 0.154. The van der Waals surface area contributed by atoms with E-state index in [-0.39, 0.29) is 11.6 Å². The standard InChI is InChI=1S/C13H11BrF2N2O/c1-17-6-8-4-9(14)7-18-13(8)19-12-3-2-10(15)5-11(12)16/h2-5,7,17H,6H2,1H3. The molecule has 0 amide bonds. The average Bonchev–Trinajstić information content (AvgIpc) is 2.36. The van der Waals surface area contributed by atoms with Crippen LogP contribution in [0.15, 0.2) is 34.9 Å². The number of pyridine rings is 1. The molecule has 19 heavy (non-hydrogen) atoms. The molecule has 2 aromatic rings. The topological polar surface area (TPSA) is 34.2 Å². The van der Waals surface area contributed by atoms with Crippen LogP contribution in [0, 0.1) is 11.6 Å². The molecule has 6 heteroatoms. The van der Waals surface area contributed by atoms with Crippen molar-refractivity contribution >= 4 is 15.9 Å². The van der Waals surface area contributed by atoms with E-state index in [0.29, 0.717) is 6.54 Å². The zero-order valence-electron chi connectivity index (χ0n) is 10.1. The van der Waals surface area contributed by atoms with Gasteiger partial charge in [-0.3, -0.25) is 0 Å². The maximum absolute atomic E-state index is 13.5. The first kappa shape index (κ1) is 13.9. The highest BCUT2D eigenvalue weighted by Gasteiger charge is 2.11. The molecule has 0 aliphatic rings. The smallest absolute Gasteiger partial charge is 0.223 e. The summed E-state index contributed by atoms with van der Waals surface area (Å²) in [5, 5.41) is 2.97. The second-order valence-corrected chi connectivity index (χ2v) is 4.74. The quantitative estimate of drug-likeness (QED) is 0.930. The van der Waals surface area contributed by atoms with Gasteiger partial charge >= 0.3 is 0 Å². The third-order valence-electron chi connectivity index (χ3n) is 2.36. The predicted octanol–water partition coefficient (Wildman–Crippen LogP) is 3.63. The maximum Gasteiger partial charge on any atom is 0.223 e. The molecule has 0 radical (unpaired) electrons. The fourth-order valence-corrected chi connectivity index (χ4v) is 1.92. The van der Waals surface area contributed by atoms with Crippen LogP contribution < -0.4 is 10.1 Å². The average molecular weight is 329 g/mol. The van der Waals surface area contributed by atoms with E-state index in [9.17, 15) is 8.78 Å². The van der Waals surface area contributed by atoms with E-state index in [1.54, 1.807) is 13.2 Å². The lowest BCUT2D eigenvalue weighted by atomic mass is 10.2. The Morgan fingerprint density at radius 2 is 2.11 bits per heavy atom. The van der Waals surface area contributed by atoms with Crippen molar-refractivity contribution in [1.82, 2.24) is 10.3 Å². The molecule has 0 bridgehead atoms. The highest BCUT2D eigenvalue weighted by atomic mass is 79.9. The molecular weight excluding hydrogens is 318 g/mol. The van der Waals surface area contributed by atoms with Crippen molar-refractivity contribution in [2.24, 2.45) is 0 Å². The fourth-order valence-electron chi connectivity index (χ4n) is 1.54. The predicted molar refractivity (Wildman–Crippen MR) is 71.1 cm³/mol. The molecule has 2 rings (SSSR count). The van der Waals surface area contributed by atoms with Gasteiger partial charge in [0.25, 0.3) is 0 Å². The van der Waals surface area contributed by atoms with E-state index < -0.39 is 11.6 Å². The number of benzene rings is 1. The lowest BCUT2D eigenvalue weighted by molar-refractivity contribution is 0.417. The first-order valence-electron chi connectivity index (χ1n) is 5.52. The molecule has 3 nitrogen and oxygen atoms in total. The van der Waals surface area contributed by atoms with E-state index in [2.05, 4.69) is 26.2 Å². The SMILES string of the molecule is CNCc1cc(Br)cnc1Oc1ccc(F)cc1F. The van der Waals surface area contributed by atoms with Gasteiger partial charge in [0, 0.05) is 28.8 Å². The maximum atomic E-state index is 13.5. The molecule has 0 aliphatic carbocycles. The van der Waals surface area contributed by atoms with Crippen molar-refractivity contribution in [3.8, 4) is 11.6 Å². The molecule has 100 valence electrons. The van der Waals surface area contributed by atoms with E-state index in [1.165, 1.54) is 6.07 Å². The second-order valence-electron chi connectivity index (χ2n) is 3.82. The van der Waals surface area contributed by atoms with Crippen molar-refractivity contribution < 1.29 is 13.5 Å². The van der Waals surface area contributed by atoms with Crippen LogP contribution in [0.4, 0.5) is 8.78 Å². The third-order valence-corrected chi connectivity index (χ3v) is 2.79. The second kappa shape index (κ2) is 6.08. The summed E-state index contributed by atoms with van der Waals surface area (Å²) in [4.78, 5) is 4.09. The zero-order chi connectivity index (χ0) is 13.8. The van der Waals surface area contributed by atoms with Gasteiger partial charge in [-0.05, 0) is 41.2 Å². The van der Waals surface area contributed by atoms with E-state index in [4.69, 9.17) is 4.74 Å². The summed E-state index contributed by atoms with van der Waals surface area (Å²) in [5.41, 5.74) is 0.764. The molecule has 0 aliphatic heterocycles. The molecule has 0 spiro atoms. The molecule has 1 aromatic heterocycles. The molecule has 0 saturated heterocycles. The van der Waals surface area contributed by atoms with Crippen molar-refractivity contribution in [3.05, 3.63) is 52.1 Å². The number of hydrogen-bond donors (Lipinski definition) is 1. The largest absolute Gasteiger partial charge is 0.436 e. The van der Waals surface area contributed by atoms with Crippen LogP contribution in [0.5, 0.6) is 11.6 Å². The van der Waals surface area contributed by atoms with Gasteiger partial charge in [-0.1, -0.05) is 0 Å². The molecular formula is C13H11BrF2N2O. The molecule has 0 unspecified atom stereocenters. The number of halogens is 3. The Morgan fingerprint density at radius 1 is 1.32 bits per heavy atom.